The zero-order valence-corrected chi connectivity index (χ0v) is 13.1. The molecule has 0 aliphatic carbocycles. The molecular weight excluding hydrogens is 290 g/mol. The molecule has 8 heteroatoms. The highest BCUT2D eigenvalue weighted by Gasteiger charge is 2.42. The average Bonchev–Trinajstić information content (AvgIpc) is 2.12. The number of rotatable bonds is 7. The summed E-state index contributed by atoms with van der Waals surface area (Å²) in [7, 11) is -9.63. The van der Waals surface area contributed by atoms with Gasteiger partial charge in [-0.15, -0.1) is 0 Å². The predicted octanol–water partition coefficient (Wildman–Crippen LogP) is 2.75. The molecule has 0 radical (unpaired) electrons. The van der Waals surface area contributed by atoms with Crippen LogP contribution in [0.15, 0.2) is 23.3 Å². The lowest BCUT2D eigenvalue weighted by molar-refractivity contribution is 0.338. The summed E-state index contributed by atoms with van der Waals surface area (Å²) in [4.78, 5) is 35.8. The summed E-state index contributed by atoms with van der Waals surface area (Å²) in [5, 5.41) is -1.95. The Kier molecular flexibility index (Phi) is 7.45. The minimum Gasteiger partial charge on any atom is -0.324 e. The van der Waals surface area contributed by atoms with Crippen LogP contribution in [-0.4, -0.2) is 25.0 Å². The highest BCUT2D eigenvalue weighted by atomic mass is 31.2. The van der Waals surface area contributed by atoms with Gasteiger partial charge in [-0.25, -0.2) is 0 Å². The third-order valence-corrected chi connectivity index (χ3v) is 6.32. The largest absolute Gasteiger partial charge is 0.341 e. The zero-order chi connectivity index (χ0) is 15.3. The molecule has 0 fully saturated rings. The Balaban J connectivity index is 4.68. The van der Waals surface area contributed by atoms with Crippen molar-refractivity contribution < 1.29 is 28.7 Å². The minimum atomic E-state index is -4.81. The van der Waals surface area contributed by atoms with Gasteiger partial charge in [0.15, 0.2) is 5.40 Å². The Bertz CT molecular complexity index is 416. The van der Waals surface area contributed by atoms with Crippen LogP contribution < -0.4 is 0 Å². The molecule has 19 heavy (non-hydrogen) atoms. The number of allylic oxidation sites excluding steroid dienone is 4. The normalized spacial score (nSPS) is 13.8. The molecule has 0 heterocycles. The van der Waals surface area contributed by atoms with Gasteiger partial charge >= 0.3 is 15.2 Å². The second kappa shape index (κ2) is 7.53. The first-order valence-electron chi connectivity index (χ1n) is 5.84. The van der Waals surface area contributed by atoms with Crippen molar-refractivity contribution in [3.63, 3.8) is 0 Å². The average molecular weight is 312 g/mol. The predicted molar refractivity (Wildman–Crippen MR) is 74.9 cm³/mol. The molecule has 0 aliphatic rings. The van der Waals surface area contributed by atoms with Crippen molar-refractivity contribution in [3.8, 4) is 0 Å². The van der Waals surface area contributed by atoms with Crippen molar-refractivity contribution >= 4 is 15.2 Å². The van der Waals surface area contributed by atoms with Crippen LogP contribution in [0.1, 0.15) is 40.0 Å². The lowest BCUT2D eigenvalue weighted by atomic mass is 10.1. The van der Waals surface area contributed by atoms with Gasteiger partial charge in [0.2, 0.25) is 0 Å². The van der Waals surface area contributed by atoms with Gasteiger partial charge in [0.25, 0.3) is 0 Å². The fourth-order valence-corrected chi connectivity index (χ4v) is 3.80. The van der Waals surface area contributed by atoms with Crippen molar-refractivity contribution in [1.82, 2.24) is 0 Å². The Hall–Kier alpha value is -0.220. The zero-order valence-electron chi connectivity index (χ0n) is 11.4. The van der Waals surface area contributed by atoms with Crippen molar-refractivity contribution in [2.24, 2.45) is 0 Å². The topological polar surface area (TPSA) is 115 Å². The molecule has 0 aromatic heterocycles. The summed E-state index contributed by atoms with van der Waals surface area (Å²) in [6.07, 6.45) is 4.68. The maximum absolute atomic E-state index is 11.1. The van der Waals surface area contributed by atoms with Gasteiger partial charge in [-0.1, -0.05) is 23.3 Å². The number of hydrogen-bond acceptors (Lipinski definition) is 2. The monoisotopic (exact) mass is 312 g/mol. The molecule has 0 aromatic carbocycles. The van der Waals surface area contributed by atoms with E-state index in [1.165, 1.54) is 11.6 Å². The summed E-state index contributed by atoms with van der Waals surface area (Å²) in [6, 6.07) is 0. The van der Waals surface area contributed by atoms with Crippen LogP contribution >= 0.6 is 15.2 Å². The Morgan fingerprint density at radius 2 is 1.47 bits per heavy atom. The maximum atomic E-state index is 11.1. The molecule has 0 aromatic rings. The van der Waals surface area contributed by atoms with Gasteiger partial charge in [0, 0.05) is 0 Å². The van der Waals surface area contributed by atoms with E-state index in [0.29, 0.717) is 6.42 Å². The molecule has 0 unspecified atom stereocenters. The molecule has 0 saturated carbocycles. The Morgan fingerprint density at radius 1 is 1.00 bits per heavy atom. The molecule has 0 atom stereocenters. The molecule has 6 nitrogen and oxygen atoms in total. The van der Waals surface area contributed by atoms with Crippen LogP contribution in [0.3, 0.4) is 0 Å². The Labute approximate surface area is 113 Å². The molecule has 0 bridgehead atoms. The van der Waals surface area contributed by atoms with E-state index in [4.69, 9.17) is 19.6 Å². The van der Waals surface area contributed by atoms with Gasteiger partial charge in [-0.05, 0) is 40.0 Å². The summed E-state index contributed by atoms with van der Waals surface area (Å²) in [6.45, 7) is 5.71. The maximum Gasteiger partial charge on any atom is 0.341 e. The van der Waals surface area contributed by atoms with Crippen LogP contribution in [-0.2, 0) is 9.13 Å². The molecular formula is C11H22O6P2. The fraction of sp³-hybridized carbons (Fsp3) is 0.636. The van der Waals surface area contributed by atoms with Gasteiger partial charge in [0.05, 0.1) is 0 Å². The quantitative estimate of drug-likeness (QED) is 0.424. The Morgan fingerprint density at radius 3 is 1.84 bits per heavy atom. The SMILES string of the molecule is CC(C)=CCCC(C)=CCC(P(=O)(O)O)P(=O)(O)O. The molecule has 0 saturated heterocycles. The van der Waals surface area contributed by atoms with Crippen LogP contribution in [0.5, 0.6) is 0 Å². The van der Waals surface area contributed by atoms with E-state index in [0.717, 1.165) is 12.0 Å². The van der Waals surface area contributed by atoms with E-state index in [1.54, 1.807) is 6.92 Å². The molecule has 0 aliphatic heterocycles. The first-order valence-corrected chi connectivity index (χ1v) is 9.20. The van der Waals surface area contributed by atoms with Crippen LogP contribution in [0.4, 0.5) is 0 Å². The standard InChI is InChI=1S/C11H22O6P2/c1-9(2)5-4-6-10(3)7-8-11(18(12,13)14)19(15,16)17/h5,7,11H,4,6,8H2,1-3H3,(H2,12,13,14)(H2,15,16,17). The molecule has 4 N–H and O–H groups in total. The first kappa shape index (κ1) is 18.8. The van der Waals surface area contributed by atoms with Crippen molar-refractivity contribution in [1.29, 1.82) is 0 Å². The smallest absolute Gasteiger partial charge is 0.324 e. The molecule has 0 spiro atoms. The van der Waals surface area contributed by atoms with Gasteiger partial charge in [-0.3, -0.25) is 9.13 Å². The summed E-state index contributed by atoms with van der Waals surface area (Å²) < 4.78 is 22.1. The molecule has 112 valence electrons. The molecule has 0 amide bonds. The lowest BCUT2D eigenvalue weighted by Crippen LogP contribution is -2.08. The minimum absolute atomic E-state index is 0.324. The highest BCUT2D eigenvalue weighted by molar-refractivity contribution is 7.70. The fourth-order valence-electron chi connectivity index (χ4n) is 1.47. The highest BCUT2D eigenvalue weighted by Crippen LogP contribution is 2.61. The van der Waals surface area contributed by atoms with E-state index in [1.807, 2.05) is 19.9 Å². The van der Waals surface area contributed by atoms with E-state index in [9.17, 15) is 9.13 Å². The van der Waals surface area contributed by atoms with Crippen LogP contribution in [0.2, 0.25) is 0 Å². The summed E-state index contributed by atoms with van der Waals surface area (Å²) >= 11 is 0. The van der Waals surface area contributed by atoms with Gasteiger partial charge in [-0.2, -0.15) is 0 Å². The summed E-state index contributed by atoms with van der Waals surface area (Å²) in [5.41, 5.74) is 2.03. The first-order chi connectivity index (χ1) is 8.44. The van der Waals surface area contributed by atoms with E-state index in [2.05, 4.69) is 0 Å². The van der Waals surface area contributed by atoms with Crippen LogP contribution in [0, 0.1) is 0 Å². The second-order valence-electron chi connectivity index (χ2n) is 4.77. The van der Waals surface area contributed by atoms with Crippen molar-refractivity contribution in [2.75, 3.05) is 0 Å². The third-order valence-electron chi connectivity index (χ3n) is 2.54. The summed E-state index contributed by atoms with van der Waals surface area (Å²) in [5.74, 6) is 0. The van der Waals surface area contributed by atoms with E-state index in [-0.39, 0.29) is 6.42 Å². The van der Waals surface area contributed by atoms with Crippen molar-refractivity contribution in [3.05, 3.63) is 23.3 Å². The van der Waals surface area contributed by atoms with E-state index >= 15 is 0 Å². The lowest BCUT2D eigenvalue weighted by Gasteiger charge is -2.18. The number of hydrogen-bond donors (Lipinski definition) is 4. The molecule has 0 rings (SSSR count). The second-order valence-corrected chi connectivity index (χ2v) is 8.78. The van der Waals surface area contributed by atoms with Gasteiger partial charge < -0.3 is 19.6 Å². The third kappa shape index (κ3) is 8.53. The van der Waals surface area contributed by atoms with Crippen molar-refractivity contribution in [2.45, 2.75) is 45.4 Å². The van der Waals surface area contributed by atoms with Gasteiger partial charge in [0.1, 0.15) is 0 Å². The van der Waals surface area contributed by atoms with E-state index < -0.39 is 20.6 Å². The van der Waals surface area contributed by atoms with Crippen LogP contribution in [0.25, 0.3) is 0 Å².